The van der Waals surface area contributed by atoms with Crippen molar-refractivity contribution in [1.82, 2.24) is 4.90 Å². The van der Waals surface area contributed by atoms with Gasteiger partial charge in [0.25, 0.3) is 0 Å². The van der Waals surface area contributed by atoms with Crippen molar-refractivity contribution in [3.8, 4) is 0 Å². The minimum atomic E-state index is 0.496. The normalized spacial score (nSPS) is 17.2. The molecule has 0 aliphatic carbocycles. The monoisotopic (exact) mass is 326 g/mol. The molecule has 1 unspecified atom stereocenters. The second kappa shape index (κ2) is 7.43. The highest BCUT2D eigenvalue weighted by atomic mass is 16.3. The lowest BCUT2D eigenvalue weighted by atomic mass is 10.0. The lowest BCUT2D eigenvalue weighted by Gasteiger charge is -2.37. The van der Waals surface area contributed by atoms with Crippen molar-refractivity contribution in [3.05, 3.63) is 53.0 Å². The van der Waals surface area contributed by atoms with Crippen LogP contribution in [-0.2, 0) is 0 Å². The SMILES string of the molecule is Cc1ccc(C(C)CCN2CCN(c3cccc(C)c3C)CC2)o1. The molecule has 24 heavy (non-hydrogen) atoms. The molecule has 3 heteroatoms. The molecule has 1 aromatic heterocycles. The number of piperazine rings is 1. The van der Waals surface area contributed by atoms with Gasteiger partial charge in [-0.05, 0) is 63.1 Å². The van der Waals surface area contributed by atoms with Crippen molar-refractivity contribution in [2.24, 2.45) is 0 Å². The molecule has 3 nitrogen and oxygen atoms in total. The largest absolute Gasteiger partial charge is 0.466 e. The van der Waals surface area contributed by atoms with Crippen molar-refractivity contribution in [2.45, 2.75) is 40.0 Å². The summed E-state index contributed by atoms with van der Waals surface area (Å²) in [6.07, 6.45) is 1.16. The highest BCUT2D eigenvalue weighted by molar-refractivity contribution is 5.56. The van der Waals surface area contributed by atoms with Crippen molar-refractivity contribution in [3.63, 3.8) is 0 Å². The third-order valence-electron chi connectivity index (χ3n) is 5.41. The first kappa shape index (κ1) is 17.1. The van der Waals surface area contributed by atoms with E-state index in [1.165, 1.54) is 16.8 Å². The van der Waals surface area contributed by atoms with Crippen LogP contribution in [0.3, 0.4) is 0 Å². The molecule has 2 aromatic rings. The Morgan fingerprint density at radius 1 is 1.00 bits per heavy atom. The van der Waals surface area contributed by atoms with E-state index in [-0.39, 0.29) is 0 Å². The van der Waals surface area contributed by atoms with Gasteiger partial charge in [0.15, 0.2) is 0 Å². The van der Waals surface area contributed by atoms with Gasteiger partial charge < -0.3 is 9.32 Å². The summed E-state index contributed by atoms with van der Waals surface area (Å²) < 4.78 is 5.76. The van der Waals surface area contributed by atoms with Crippen LogP contribution in [0.25, 0.3) is 0 Å². The Balaban J connectivity index is 1.49. The molecule has 1 saturated heterocycles. The predicted molar refractivity (Wildman–Crippen MR) is 101 cm³/mol. The molecule has 1 aliphatic rings. The average Bonchev–Trinajstić information content (AvgIpc) is 3.02. The first-order chi connectivity index (χ1) is 11.5. The van der Waals surface area contributed by atoms with Gasteiger partial charge in [-0.2, -0.15) is 0 Å². The number of hydrogen-bond acceptors (Lipinski definition) is 3. The van der Waals surface area contributed by atoms with Gasteiger partial charge in [-0.15, -0.1) is 0 Å². The fourth-order valence-corrected chi connectivity index (χ4v) is 3.53. The van der Waals surface area contributed by atoms with Crippen molar-refractivity contribution in [2.75, 3.05) is 37.6 Å². The summed E-state index contributed by atoms with van der Waals surface area (Å²) in [6.45, 7) is 14.4. The van der Waals surface area contributed by atoms with E-state index in [9.17, 15) is 0 Å². The lowest BCUT2D eigenvalue weighted by molar-refractivity contribution is 0.246. The molecule has 0 radical (unpaired) electrons. The molecule has 0 saturated carbocycles. The predicted octanol–water partition coefficient (Wildman–Crippen LogP) is 4.52. The van der Waals surface area contributed by atoms with E-state index in [4.69, 9.17) is 4.42 Å². The van der Waals surface area contributed by atoms with Crippen molar-refractivity contribution < 1.29 is 4.42 Å². The summed E-state index contributed by atoms with van der Waals surface area (Å²) in [5, 5.41) is 0. The van der Waals surface area contributed by atoms with Crippen molar-refractivity contribution in [1.29, 1.82) is 0 Å². The molecule has 1 atom stereocenters. The number of hydrogen-bond donors (Lipinski definition) is 0. The molecular formula is C21H30N2O. The van der Waals surface area contributed by atoms with Crippen LogP contribution in [0.15, 0.2) is 34.7 Å². The maximum Gasteiger partial charge on any atom is 0.107 e. The minimum absolute atomic E-state index is 0.496. The van der Waals surface area contributed by atoms with Gasteiger partial charge in [0.1, 0.15) is 11.5 Å². The maximum absolute atomic E-state index is 5.76. The molecule has 130 valence electrons. The van der Waals surface area contributed by atoms with E-state index >= 15 is 0 Å². The summed E-state index contributed by atoms with van der Waals surface area (Å²) in [7, 11) is 0. The number of anilines is 1. The second-order valence-electron chi connectivity index (χ2n) is 7.19. The zero-order valence-electron chi connectivity index (χ0n) is 15.5. The fraction of sp³-hybridized carbons (Fsp3) is 0.524. The zero-order chi connectivity index (χ0) is 17.1. The highest BCUT2D eigenvalue weighted by Gasteiger charge is 2.19. The van der Waals surface area contributed by atoms with Crippen LogP contribution in [0.5, 0.6) is 0 Å². The van der Waals surface area contributed by atoms with Crippen LogP contribution in [0.2, 0.25) is 0 Å². The summed E-state index contributed by atoms with van der Waals surface area (Å²) in [5.74, 6) is 2.64. The Morgan fingerprint density at radius 2 is 1.75 bits per heavy atom. The Bertz CT molecular complexity index is 668. The van der Waals surface area contributed by atoms with Crippen LogP contribution in [0.1, 0.15) is 41.9 Å². The van der Waals surface area contributed by atoms with E-state index < -0.39 is 0 Å². The summed E-state index contributed by atoms with van der Waals surface area (Å²) in [6, 6.07) is 10.8. The van der Waals surface area contributed by atoms with Crippen LogP contribution in [0, 0.1) is 20.8 Å². The maximum atomic E-state index is 5.76. The summed E-state index contributed by atoms with van der Waals surface area (Å²) in [4.78, 5) is 5.13. The van der Waals surface area contributed by atoms with E-state index in [0.717, 1.165) is 50.7 Å². The van der Waals surface area contributed by atoms with Gasteiger partial charge in [-0.1, -0.05) is 19.1 Å². The van der Waals surface area contributed by atoms with Gasteiger partial charge in [-0.3, -0.25) is 4.90 Å². The van der Waals surface area contributed by atoms with Gasteiger partial charge in [0.2, 0.25) is 0 Å². The van der Waals surface area contributed by atoms with E-state index in [1.54, 1.807) is 0 Å². The van der Waals surface area contributed by atoms with Crippen LogP contribution >= 0.6 is 0 Å². The van der Waals surface area contributed by atoms with Crippen LogP contribution in [-0.4, -0.2) is 37.6 Å². The minimum Gasteiger partial charge on any atom is -0.466 e. The quantitative estimate of drug-likeness (QED) is 0.805. The van der Waals surface area contributed by atoms with Gasteiger partial charge in [-0.25, -0.2) is 0 Å². The topological polar surface area (TPSA) is 19.6 Å². The Morgan fingerprint density at radius 3 is 2.42 bits per heavy atom. The van der Waals surface area contributed by atoms with Crippen molar-refractivity contribution >= 4 is 5.69 Å². The first-order valence-corrected chi connectivity index (χ1v) is 9.14. The number of benzene rings is 1. The van der Waals surface area contributed by atoms with Crippen LogP contribution < -0.4 is 4.90 Å². The molecule has 3 rings (SSSR count). The molecule has 0 amide bonds. The van der Waals surface area contributed by atoms with Crippen LogP contribution in [0.4, 0.5) is 5.69 Å². The van der Waals surface area contributed by atoms with E-state index in [2.05, 4.69) is 60.9 Å². The number of aryl methyl sites for hydroxylation is 2. The Hall–Kier alpha value is -1.74. The summed E-state index contributed by atoms with van der Waals surface area (Å²) >= 11 is 0. The molecule has 1 aromatic carbocycles. The highest BCUT2D eigenvalue weighted by Crippen LogP contribution is 2.25. The molecule has 0 bridgehead atoms. The third kappa shape index (κ3) is 3.84. The van der Waals surface area contributed by atoms with E-state index in [1.807, 2.05) is 6.92 Å². The Kier molecular flexibility index (Phi) is 5.30. The lowest BCUT2D eigenvalue weighted by Crippen LogP contribution is -2.47. The summed E-state index contributed by atoms with van der Waals surface area (Å²) in [5.41, 5.74) is 4.22. The molecule has 0 N–H and O–H groups in total. The second-order valence-corrected chi connectivity index (χ2v) is 7.19. The molecular weight excluding hydrogens is 296 g/mol. The first-order valence-electron chi connectivity index (χ1n) is 9.14. The fourth-order valence-electron chi connectivity index (χ4n) is 3.53. The van der Waals surface area contributed by atoms with Gasteiger partial charge in [0.05, 0.1) is 0 Å². The third-order valence-corrected chi connectivity index (χ3v) is 5.41. The number of furan rings is 1. The van der Waals surface area contributed by atoms with Gasteiger partial charge in [0, 0.05) is 37.8 Å². The Labute approximate surface area is 146 Å². The smallest absolute Gasteiger partial charge is 0.107 e. The standard InChI is InChI=1S/C21H30N2O/c1-16-6-5-7-20(19(16)4)23-14-12-22(13-15-23)11-10-17(2)21-9-8-18(3)24-21/h5-9,17H,10-15H2,1-4H3. The molecule has 2 heterocycles. The number of nitrogens with zero attached hydrogens (tertiary/aromatic N) is 2. The van der Waals surface area contributed by atoms with E-state index in [0.29, 0.717) is 5.92 Å². The number of rotatable bonds is 5. The average molecular weight is 326 g/mol. The molecule has 0 spiro atoms. The molecule has 1 aliphatic heterocycles. The molecule has 1 fully saturated rings. The zero-order valence-corrected chi connectivity index (χ0v) is 15.5. The van der Waals surface area contributed by atoms with Gasteiger partial charge >= 0.3 is 0 Å².